The van der Waals surface area contributed by atoms with Crippen LogP contribution in [0.2, 0.25) is 0 Å². The lowest BCUT2D eigenvalue weighted by Crippen LogP contribution is -2.20. The number of benzene rings is 1. The van der Waals surface area contributed by atoms with Crippen molar-refractivity contribution in [1.29, 1.82) is 0 Å². The molecule has 1 unspecified atom stereocenters. The topological polar surface area (TPSA) is 99.1 Å². The Hall–Kier alpha value is -0.390. The molecule has 0 radical (unpaired) electrons. The molecule has 1 aromatic carbocycles. The van der Waals surface area contributed by atoms with Crippen LogP contribution in [-0.4, -0.2) is 28.9 Å². The zero-order chi connectivity index (χ0) is 16.3. The van der Waals surface area contributed by atoms with Crippen molar-refractivity contribution in [1.82, 2.24) is 0 Å². The molecule has 11 heteroatoms. The van der Waals surface area contributed by atoms with Gasteiger partial charge in [-0.2, -0.15) is 0 Å². The highest BCUT2D eigenvalue weighted by Crippen LogP contribution is 2.79. The minimum absolute atomic E-state index is 0.0134. The zero-order valence-corrected chi connectivity index (χ0v) is 14.2. The van der Waals surface area contributed by atoms with Crippen molar-refractivity contribution in [3.63, 3.8) is 0 Å². The highest BCUT2D eigenvalue weighted by molar-refractivity contribution is 7.80. The molecule has 1 N–H and O–H groups in total. The Labute approximate surface area is 131 Å². The molecule has 7 nitrogen and oxygen atoms in total. The summed E-state index contributed by atoms with van der Waals surface area (Å²) in [6.07, 6.45) is 0. The van der Waals surface area contributed by atoms with E-state index in [1.54, 1.807) is 6.07 Å². The Balaban J connectivity index is 3.09. The Morgan fingerprint density at radius 2 is 1.62 bits per heavy atom. The van der Waals surface area contributed by atoms with E-state index in [2.05, 4.69) is 13.6 Å². The molecule has 1 atom stereocenters. The summed E-state index contributed by atoms with van der Waals surface area (Å²) in [6, 6.07) is 7.36. The summed E-state index contributed by atoms with van der Waals surface area (Å²) in [5, 5.41) is 0. The number of halogens is 2. The second kappa shape index (κ2) is 6.80. The fraction of sp³-hybridized carbons (Fsp3) is 0.300. The molecule has 0 amide bonds. The van der Waals surface area contributed by atoms with Crippen LogP contribution < -0.4 is 0 Å². The normalized spacial score (nSPS) is 15.3. The van der Waals surface area contributed by atoms with Crippen molar-refractivity contribution < 1.29 is 32.4 Å². The lowest BCUT2D eigenvalue weighted by molar-refractivity contribution is 0.0716. The van der Waals surface area contributed by atoms with E-state index in [-0.39, 0.29) is 5.56 Å². The third kappa shape index (κ3) is 3.69. The van der Waals surface area contributed by atoms with Gasteiger partial charge >= 0.3 is 25.0 Å². The third-order valence-corrected chi connectivity index (χ3v) is 9.10. The molecule has 0 aliphatic rings. The van der Waals surface area contributed by atoms with Crippen molar-refractivity contribution in [3.8, 4) is 0 Å². The van der Waals surface area contributed by atoms with Crippen LogP contribution >= 0.6 is 38.4 Å². The Bertz CT molecular complexity index is 597. The van der Waals surface area contributed by atoms with Gasteiger partial charge in [0.1, 0.15) is 0 Å². The number of hydrogen-bond acceptors (Lipinski definition) is 6. The molecule has 0 saturated carbocycles. The Kier molecular flexibility index (Phi) is 6.04. The van der Waals surface area contributed by atoms with Gasteiger partial charge in [-0.15, -0.1) is 0 Å². The number of carbonyl (C=O) groups excluding carboxylic acids is 1. The molecule has 0 heterocycles. The molecule has 1 rings (SSSR count). The number of hydrogen-bond donors (Lipinski definition) is 1. The van der Waals surface area contributed by atoms with Crippen molar-refractivity contribution >= 4 is 44.4 Å². The highest BCUT2D eigenvalue weighted by atomic mass is 35.5. The number of carbonyl (C=O) groups is 1. The number of rotatable bonds is 6. The lowest BCUT2D eigenvalue weighted by atomic mass is 10.2. The average molecular weight is 377 g/mol. The summed E-state index contributed by atoms with van der Waals surface area (Å²) >= 11 is 11.3. The standard InChI is InChI=1S/C10H12Cl2O7P2/c1-17-21(16,18-2)10(11,12)20(14,15)19-9(13)8-6-4-3-5-7-8/h3-7H,1-2H3,(H,14,15). The van der Waals surface area contributed by atoms with Crippen LogP contribution in [0.4, 0.5) is 0 Å². The summed E-state index contributed by atoms with van der Waals surface area (Å²) in [5.41, 5.74) is -0.0134. The van der Waals surface area contributed by atoms with Gasteiger partial charge < -0.3 is 18.5 Å². The minimum atomic E-state index is -5.10. The van der Waals surface area contributed by atoms with Crippen molar-refractivity contribution in [2.75, 3.05) is 14.2 Å². The summed E-state index contributed by atoms with van der Waals surface area (Å²) in [4.78, 5) is 21.6. The van der Waals surface area contributed by atoms with Crippen LogP contribution in [0.25, 0.3) is 0 Å². The second-order valence-corrected chi connectivity index (χ2v) is 10.7. The number of alkyl halides is 2. The van der Waals surface area contributed by atoms with E-state index in [1.807, 2.05) is 0 Å². The van der Waals surface area contributed by atoms with E-state index in [0.717, 1.165) is 14.2 Å². The Morgan fingerprint density at radius 1 is 1.14 bits per heavy atom. The first-order chi connectivity index (χ1) is 9.61. The van der Waals surface area contributed by atoms with Crippen LogP contribution in [0.1, 0.15) is 10.4 Å². The van der Waals surface area contributed by atoms with Gasteiger partial charge in [0.2, 0.25) is 0 Å². The molecule has 0 fully saturated rings. The summed E-state index contributed by atoms with van der Waals surface area (Å²) < 4.78 is 34.6. The van der Waals surface area contributed by atoms with Gasteiger partial charge in [-0.05, 0) is 12.1 Å². The minimum Gasteiger partial charge on any atom is -0.386 e. The van der Waals surface area contributed by atoms with Crippen molar-refractivity contribution in [2.45, 2.75) is 3.82 Å². The summed E-state index contributed by atoms with van der Waals surface area (Å²) in [7, 11) is -7.68. The van der Waals surface area contributed by atoms with Gasteiger partial charge in [0.25, 0.3) is 0 Å². The predicted octanol–water partition coefficient (Wildman–Crippen LogP) is 3.60. The summed E-state index contributed by atoms with van der Waals surface area (Å²) in [6.45, 7) is 0. The molecule has 0 aliphatic carbocycles. The molecule has 0 aliphatic heterocycles. The molecular formula is C10H12Cl2O7P2. The van der Waals surface area contributed by atoms with Crippen LogP contribution in [-0.2, 0) is 22.7 Å². The first kappa shape index (κ1) is 18.7. The maximum atomic E-state index is 12.1. The van der Waals surface area contributed by atoms with Crippen LogP contribution in [0, 0.1) is 0 Å². The van der Waals surface area contributed by atoms with Crippen molar-refractivity contribution in [2.24, 2.45) is 0 Å². The van der Waals surface area contributed by atoms with Crippen molar-refractivity contribution in [3.05, 3.63) is 35.9 Å². The molecule has 21 heavy (non-hydrogen) atoms. The van der Waals surface area contributed by atoms with Gasteiger partial charge in [0.15, 0.2) is 0 Å². The molecule has 0 bridgehead atoms. The van der Waals surface area contributed by atoms with E-state index in [1.165, 1.54) is 24.3 Å². The highest BCUT2D eigenvalue weighted by Gasteiger charge is 2.64. The van der Waals surface area contributed by atoms with Crippen LogP contribution in [0.3, 0.4) is 0 Å². The molecule has 1 aromatic rings. The van der Waals surface area contributed by atoms with Gasteiger partial charge in [0.05, 0.1) is 5.56 Å². The SMILES string of the molecule is COP(=O)(OC)C(Cl)(Cl)P(=O)(O)OC(=O)c1ccccc1. The van der Waals surface area contributed by atoms with Gasteiger partial charge in [-0.3, -0.25) is 4.57 Å². The quantitative estimate of drug-likeness (QED) is 0.597. The molecule has 0 saturated heterocycles. The van der Waals surface area contributed by atoms with E-state index in [9.17, 15) is 18.8 Å². The third-order valence-electron chi connectivity index (χ3n) is 2.37. The first-order valence-corrected chi connectivity index (χ1v) is 9.20. The largest absolute Gasteiger partial charge is 0.427 e. The molecule has 0 aromatic heterocycles. The molecule has 118 valence electrons. The van der Waals surface area contributed by atoms with Gasteiger partial charge in [0, 0.05) is 14.2 Å². The Morgan fingerprint density at radius 3 is 2.05 bits per heavy atom. The fourth-order valence-corrected chi connectivity index (χ4v) is 5.16. The first-order valence-electron chi connectivity index (χ1n) is 5.32. The molecular weight excluding hydrogens is 365 g/mol. The maximum Gasteiger partial charge on any atom is 0.427 e. The van der Waals surface area contributed by atoms with E-state index >= 15 is 0 Å². The monoisotopic (exact) mass is 376 g/mol. The van der Waals surface area contributed by atoms with Crippen LogP contribution in [0.5, 0.6) is 0 Å². The van der Waals surface area contributed by atoms with E-state index in [4.69, 9.17) is 23.2 Å². The van der Waals surface area contributed by atoms with E-state index in [0.29, 0.717) is 0 Å². The fourth-order valence-electron chi connectivity index (χ4n) is 1.24. The zero-order valence-electron chi connectivity index (χ0n) is 10.9. The van der Waals surface area contributed by atoms with Gasteiger partial charge in [-0.25, -0.2) is 9.36 Å². The second-order valence-electron chi connectivity index (χ2n) is 3.64. The predicted molar refractivity (Wildman–Crippen MR) is 77.7 cm³/mol. The van der Waals surface area contributed by atoms with E-state index < -0.39 is 25.0 Å². The smallest absolute Gasteiger partial charge is 0.386 e. The van der Waals surface area contributed by atoms with Crippen LogP contribution in [0.15, 0.2) is 30.3 Å². The summed E-state index contributed by atoms with van der Waals surface area (Å²) in [5.74, 6) is -1.16. The lowest BCUT2D eigenvalue weighted by Gasteiger charge is -2.28. The average Bonchev–Trinajstić information content (AvgIpc) is 2.46. The molecule has 0 spiro atoms. The maximum absolute atomic E-state index is 12.1. The van der Waals surface area contributed by atoms with Gasteiger partial charge in [-0.1, -0.05) is 41.4 Å².